The second kappa shape index (κ2) is 11.3. The van der Waals surface area contributed by atoms with Gasteiger partial charge in [-0.3, -0.25) is 9.59 Å². The van der Waals surface area contributed by atoms with Crippen molar-refractivity contribution in [3.63, 3.8) is 0 Å². The van der Waals surface area contributed by atoms with E-state index in [0.717, 1.165) is 29.7 Å². The second-order valence-electron chi connectivity index (χ2n) is 8.97. The van der Waals surface area contributed by atoms with E-state index in [1.54, 1.807) is 40.5 Å². The first kappa shape index (κ1) is 25.3. The Morgan fingerprint density at radius 2 is 2.00 bits per heavy atom. The van der Waals surface area contributed by atoms with E-state index in [1.807, 2.05) is 30.9 Å². The summed E-state index contributed by atoms with van der Waals surface area (Å²) in [4.78, 5) is 31.6. The molecule has 5 nitrogen and oxygen atoms in total. The molecule has 1 aliphatic heterocycles. The Kier molecular flexibility index (Phi) is 8.14. The minimum atomic E-state index is -0.192. The summed E-state index contributed by atoms with van der Waals surface area (Å²) in [7, 11) is 0. The van der Waals surface area contributed by atoms with Gasteiger partial charge < -0.3 is 14.5 Å². The first-order valence-electron chi connectivity index (χ1n) is 12.0. The van der Waals surface area contributed by atoms with Crippen molar-refractivity contribution in [2.45, 2.75) is 39.7 Å². The number of fused-ring (bicyclic) bond motifs is 1. The van der Waals surface area contributed by atoms with Crippen molar-refractivity contribution in [3.8, 4) is 5.75 Å². The second-order valence-corrected chi connectivity index (χ2v) is 10.4. The molecular weight excluding hydrogens is 480 g/mol. The van der Waals surface area contributed by atoms with Gasteiger partial charge in [0.05, 0.1) is 6.04 Å². The van der Waals surface area contributed by atoms with Gasteiger partial charge in [0.2, 0.25) is 5.91 Å². The van der Waals surface area contributed by atoms with Gasteiger partial charge in [0.25, 0.3) is 5.91 Å². The number of halogens is 1. The highest BCUT2D eigenvalue weighted by molar-refractivity contribution is 7.10. The SMILES string of the molecule is CCCN(CC(=O)N1CCc2sccc2[C@@H]1COc1ccc(C)cc1C)C(=O)c1cccc(Cl)c1. The van der Waals surface area contributed by atoms with Crippen molar-refractivity contribution >= 4 is 34.8 Å². The van der Waals surface area contributed by atoms with Crippen molar-refractivity contribution < 1.29 is 14.3 Å². The van der Waals surface area contributed by atoms with Crippen LogP contribution in [0.15, 0.2) is 53.9 Å². The van der Waals surface area contributed by atoms with Gasteiger partial charge >= 0.3 is 0 Å². The number of rotatable bonds is 8. The van der Waals surface area contributed by atoms with E-state index in [-0.39, 0.29) is 24.4 Å². The molecule has 0 radical (unpaired) electrons. The molecule has 184 valence electrons. The fourth-order valence-electron chi connectivity index (χ4n) is 4.59. The molecule has 2 aromatic carbocycles. The summed E-state index contributed by atoms with van der Waals surface area (Å²) >= 11 is 7.83. The largest absolute Gasteiger partial charge is 0.491 e. The summed E-state index contributed by atoms with van der Waals surface area (Å²) < 4.78 is 6.24. The lowest BCUT2D eigenvalue weighted by Gasteiger charge is -2.37. The van der Waals surface area contributed by atoms with E-state index in [1.165, 1.54) is 10.4 Å². The van der Waals surface area contributed by atoms with Gasteiger partial charge in [0.1, 0.15) is 18.9 Å². The molecule has 0 unspecified atom stereocenters. The van der Waals surface area contributed by atoms with Gasteiger partial charge in [-0.2, -0.15) is 0 Å². The first-order valence-corrected chi connectivity index (χ1v) is 13.2. The van der Waals surface area contributed by atoms with E-state index in [9.17, 15) is 9.59 Å². The highest BCUT2D eigenvalue weighted by atomic mass is 35.5. The molecule has 2 heterocycles. The third-order valence-corrected chi connectivity index (χ3v) is 7.55. The zero-order valence-electron chi connectivity index (χ0n) is 20.4. The van der Waals surface area contributed by atoms with Gasteiger partial charge in [-0.15, -0.1) is 11.3 Å². The third-order valence-electron chi connectivity index (χ3n) is 6.32. The Hall–Kier alpha value is -2.83. The average molecular weight is 511 g/mol. The Labute approximate surface area is 216 Å². The van der Waals surface area contributed by atoms with Gasteiger partial charge in [0.15, 0.2) is 0 Å². The molecule has 1 aliphatic rings. The highest BCUT2D eigenvalue weighted by Crippen LogP contribution is 2.34. The van der Waals surface area contributed by atoms with Crippen LogP contribution < -0.4 is 4.74 Å². The summed E-state index contributed by atoms with van der Waals surface area (Å²) in [5, 5.41) is 2.58. The molecule has 0 saturated heterocycles. The molecule has 35 heavy (non-hydrogen) atoms. The minimum absolute atomic E-state index is 0.0265. The number of hydrogen-bond donors (Lipinski definition) is 0. The fourth-order valence-corrected chi connectivity index (χ4v) is 5.70. The molecule has 0 aliphatic carbocycles. The van der Waals surface area contributed by atoms with Crippen LogP contribution in [0, 0.1) is 13.8 Å². The molecule has 0 N–H and O–H groups in total. The quantitative estimate of drug-likeness (QED) is 0.369. The molecule has 3 aromatic rings. The number of amides is 2. The van der Waals surface area contributed by atoms with Crippen LogP contribution in [0.25, 0.3) is 0 Å². The van der Waals surface area contributed by atoms with E-state index in [0.29, 0.717) is 30.3 Å². The Balaban J connectivity index is 1.53. The third kappa shape index (κ3) is 5.88. The summed E-state index contributed by atoms with van der Waals surface area (Å²) in [6, 6.07) is 14.9. The number of hydrogen-bond acceptors (Lipinski definition) is 4. The predicted octanol–water partition coefficient (Wildman–Crippen LogP) is 6.08. The number of nitrogens with zero attached hydrogens (tertiary/aromatic N) is 2. The van der Waals surface area contributed by atoms with Crippen molar-refractivity contribution in [1.82, 2.24) is 9.80 Å². The Bertz CT molecular complexity index is 1210. The maximum atomic E-state index is 13.6. The monoisotopic (exact) mass is 510 g/mol. The molecule has 0 fully saturated rings. The number of ether oxygens (including phenoxy) is 1. The van der Waals surface area contributed by atoms with Crippen LogP contribution >= 0.6 is 22.9 Å². The maximum absolute atomic E-state index is 13.6. The van der Waals surface area contributed by atoms with Crippen molar-refractivity contribution in [3.05, 3.63) is 86.1 Å². The summed E-state index contributed by atoms with van der Waals surface area (Å²) in [5.41, 5.74) is 3.89. The average Bonchev–Trinajstić information content (AvgIpc) is 3.32. The Morgan fingerprint density at radius 3 is 2.74 bits per heavy atom. The van der Waals surface area contributed by atoms with Crippen LogP contribution in [0.1, 0.15) is 51.3 Å². The lowest BCUT2D eigenvalue weighted by molar-refractivity contribution is -0.135. The van der Waals surface area contributed by atoms with Crippen LogP contribution in [-0.2, 0) is 11.2 Å². The minimum Gasteiger partial charge on any atom is -0.491 e. The number of aryl methyl sites for hydroxylation is 2. The van der Waals surface area contributed by atoms with Gasteiger partial charge in [-0.05, 0) is 73.5 Å². The van der Waals surface area contributed by atoms with Crippen LogP contribution in [0.3, 0.4) is 0 Å². The molecule has 2 amide bonds. The van der Waals surface area contributed by atoms with Crippen molar-refractivity contribution in [2.24, 2.45) is 0 Å². The molecule has 0 saturated carbocycles. The Morgan fingerprint density at radius 1 is 1.17 bits per heavy atom. The maximum Gasteiger partial charge on any atom is 0.254 e. The fraction of sp³-hybridized carbons (Fsp3) is 0.357. The summed E-state index contributed by atoms with van der Waals surface area (Å²) in [6.07, 6.45) is 1.57. The molecular formula is C28H31ClN2O3S. The summed E-state index contributed by atoms with van der Waals surface area (Å²) in [6.45, 7) is 7.60. The normalized spacial score (nSPS) is 15.0. The molecule has 0 bridgehead atoms. The molecule has 4 rings (SSSR count). The molecule has 0 spiro atoms. The molecule has 7 heteroatoms. The van der Waals surface area contributed by atoms with Gasteiger partial charge in [0, 0.05) is 28.6 Å². The zero-order chi connectivity index (χ0) is 24.9. The van der Waals surface area contributed by atoms with Gasteiger partial charge in [-0.1, -0.05) is 42.3 Å². The number of benzene rings is 2. The highest BCUT2D eigenvalue weighted by Gasteiger charge is 2.33. The lowest BCUT2D eigenvalue weighted by atomic mass is 10.00. The van der Waals surface area contributed by atoms with Crippen LogP contribution in [0.4, 0.5) is 0 Å². The lowest BCUT2D eigenvalue weighted by Crippen LogP contribution is -2.48. The topological polar surface area (TPSA) is 49.9 Å². The standard InChI is InChI=1S/C28H31ClN2O3S/c1-4-12-30(28(33)21-6-5-7-22(29)16-21)17-27(32)31-13-10-26-23(11-14-35-26)24(31)18-34-25-9-8-19(2)15-20(25)3/h5-9,11,14-16,24H,4,10,12-13,17-18H2,1-3H3/t24-/m0/s1. The molecule has 1 aromatic heterocycles. The smallest absolute Gasteiger partial charge is 0.254 e. The zero-order valence-corrected chi connectivity index (χ0v) is 22.0. The van der Waals surface area contributed by atoms with E-state index in [4.69, 9.17) is 16.3 Å². The predicted molar refractivity (Wildman–Crippen MR) is 142 cm³/mol. The number of thiophene rings is 1. The van der Waals surface area contributed by atoms with Crippen molar-refractivity contribution in [2.75, 3.05) is 26.2 Å². The van der Waals surface area contributed by atoms with Crippen LogP contribution in [0.5, 0.6) is 5.75 Å². The molecule has 1 atom stereocenters. The van der Waals surface area contributed by atoms with E-state index < -0.39 is 0 Å². The number of carbonyl (C=O) groups is 2. The van der Waals surface area contributed by atoms with Crippen molar-refractivity contribution in [1.29, 1.82) is 0 Å². The number of carbonyl (C=O) groups excluding carboxylic acids is 2. The van der Waals surface area contributed by atoms with Crippen LogP contribution in [0.2, 0.25) is 5.02 Å². The van der Waals surface area contributed by atoms with Gasteiger partial charge in [-0.25, -0.2) is 0 Å². The first-order chi connectivity index (χ1) is 16.9. The van der Waals surface area contributed by atoms with E-state index >= 15 is 0 Å². The van der Waals surface area contributed by atoms with Crippen LogP contribution in [-0.4, -0.2) is 47.9 Å². The van der Waals surface area contributed by atoms with E-state index in [2.05, 4.69) is 24.4 Å². The summed E-state index contributed by atoms with van der Waals surface area (Å²) in [5.74, 6) is 0.577.